The van der Waals surface area contributed by atoms with Gasteiger partial charge in [-0.05, 0) is 50.9 Å². The maximum absolute atomic E-state index is 12.2. The van der Waals surface area contributed by atoms with Crippen LogP contribution in [0.1, 0.15) is 25.5 Å². The molecule has 0 aliphatic carbocycles. The molecule has 1 fully saturated rings. The highest BCUT2D eigenvalue weighted by Crippen LogP contribution is 2.19. The number of likely N-dealkylation sites (tertiary alicyclic amines) is 1. The number of nitrogens with zero attached hydrogens (tertiary/aromatic N) is 2. The molecule has 1 atom stereocenters. The van der Waals surface area contributed by atoms with Crippen LogP contribution in [-0.4, -0.2) is 48.4 Å². The van der Waals surface area contributed by atoms with Crippen LogP contribution in [0.5, 0.6) is 0 Å². The Morgan fingerprint density at radius 1 is 1.55 bits per heavy atom. The minimum atomic E-state index is 0.139. The van der Waals surface area contributed by atoms with Crippen LogP contribution >= 0.6 is 0 Å². The van der Waals surface area contributed by atoms with Crippen molar-refractivity contribution in [3.05, 3.63) is 24.2 Å². The summed E-state index contributed by atoms with van der Waals surface area (Å²) in [5.41, 5.74) is 5.93. The van der Waals surface area contributed by atoms with E-state index in [2.05, 4.69) is 11.8 Å². The quantitative estimate of drug-likeness (QED) is 0.882. The van der Waals surface area contributed by atoms with Gasteiger partial charge in [-0.25, -0.2) is 0 Å². The van der Waals surface area contributed by atoms with Gasteiger partial charge >= 0.3 is 0 Å². The van der Waals surface area contributed by atoms with Gasteiger partial charge in [0, 0.05) is 13.1 Å². The van der Waals surface area contributed by atoms with Crippen molar-refractivity contribution in [2.24, 2.45) is 11.7 Å². The fraction of sp³-hybridized carbons (Fsp3) is 0.667. The van der Waals surface area contributed by atoms with Crippen LogP contribution in [-0.2, 0) is 11.3 Å². The van der Waals surface area contributed by atoms with Crippen molar-refractivity contribution in [3.63, 3.8) is 0 Å². The van der Waals surface area contributed by atoms with E-state index in [1.54, 1.807) is 11.2 Å². The Morgan fingerprint density at radius 2 is 2.25 bits per heavy atom. The Kier molecular flexibility index (Phi) is 5.20. The van der Waals surface area contributed by atoms with Crippen molar-refractivity contribution in [1.82, 2.24) is 9.80 Å². The number of hydrogen-bond donors (Lipinski definition) is 1. The van der Waals surface area contributed by atoms with Crippen LogP contribution < -0.4 is 5.73 Å². The number of amides is 1. The lowest BCUT2D eigenvalue weighted by Gasteiger charge is -2.33. The van der Waals surface area contributed by atoms with Gasteiger partial charge in [-0.3, -0.25) is 9.69 Å². The molecule has 20 heavy (non-hydrogen) atoms. The molecule has 1 saturated heterocycles. The molecule has 1 aliphatic heterocycles. The SMILES string of the molecule is CC(N)C1CCN(CC(=O)N(C)Cc2ccco2)CC1. The molecule has 1 aliphatic rings. The van der Waals surface area contributed by atoms with Crippen molar-refractivity contribution >= 4 is 5.91 Å². The monoisotopic (exact) mass is 279 g/mol. The minimum Gasteiger partial charge on any atom is -0.467 e. The molecule has 1 aromatic rings. The van der Waals surface area contributed by atoms with E-state index in [4.69, 9.17) is 10.2 Å². The lowest BCUT2D eigenvalue weighted by Crippen LogP contribution is -2.44. The van der Waals surface area contributed by atoms with E-state index in [-0.39, 0.29) is 11.9 Å². The largest absolute Gasteiger partial charge is 0.467 e. The summed E-state index contributed by atoms with van der Waals surface area (Å²) >= 11 is 0. The normalized spacial score (nSPS) is 18.9. The predicted molar refractivity (Wildman–Crippen MR) is 78.0 cm³/mol. The molecule has 0 spiro atoms. The Balaban J connectivity index is 1.74. The smallest absolute Gasteiger partial charge is 0.236 e. The Labute approximate surface area is 120 Å². The topological polar surface area (TPSA) is 62.7 Å². The third kappa shape index (κ3) is 4.08. The summed E-state index contributed by atoms with van der Waals surface area (Å²) in [5.74, 6) is 1.55. The Bertz CT molecular complexity index is 409. The van der Waals surface area contributed by atoms with Gasteiger partial charge in [-0.15, -0.1) is 0 Å². The summed E-state index contributed by atoms with van der Waals surface area (Å²) < 4.78 is 5.26. The summed E-state index contributed by atoms with van der Waals surface area (Å²) in [6.07, 6.45) is 3.81. The van der Waals surface area contributed by atoms with E-state index in [0.29, 0.717) is 19.0 Å². The molecule has 5 heteroatoms. The standard InChI is InChI=1S/C15H25N3O2/c1-12(16)13-5-7-18(8-6-13)11-15(19)17(2)10-14-4-3-9-20-14/h3-4,9,12-13H,5-8,10-11,16H2,1-2H3. The van der Waals surface area contributed by atoms with E-state index in [9.17, 15) is 4.79 Å². The van der Waals surface area contributed by atoms with Crippen molar-refractivity contribution in [3.8, 4) is 0 Å². The van der Waals surface area contributed by atoms with Crippen molar-refractivity contribution < 1.29 is 9.21 Å². The fourth-order valence-corrected chi connectivity index (χ4v) is 2.67. The average molecular weight is 279 g/mol. The van der Waals surface area contributed by atoms with Crippen LogP contribution in [0.3, 0.4) is 0 Å². The zero-order valence-electron chi connectivity index (χ0n) is 12.4. The molecule has 0 saturated carbocycles. The van der Waals surface area contributed by atoms with Gasteiger partial charge < -0.3 is 15.1 Å². The molecular weight excluding hydrogens is 254 g/mol. The van der Waals surface area contributed by atoms with E-state index in [1.807, 2.05) is 19.2 Å². The van der Waals surface area contributed by atoms with Gasteiger partial charge in [0.1, 0.15) is 5.76 Å². The number of furan rings is 1. The van der Waals surface area contributed by atoms with Gasteiger partial charge in [0.05, 0.1) is 19.4 Å². The van der Waals surface area contributed by atoms with E-state index in [0.717, 1.165) is 31.7 Å². The first-order chi connectivity index (χ1) is 9.56. The summed E-state index contributed by atoms with van der Waals surface area (Å²) in [6, 6.07) is 3.99. The third-order valence-corrected chi connectivity index (χ3v) is 4.13. The number of likely N-dealkylation sites (N-methyl/N-ethyl adjacent to an activating group) is 1. The molecule has 112 valence electrons. The van der Waals surface area contributed by atoms with Crippen LogP contribution in [0.15, 0.2) is 22.8 Å². The lowest BCUT2D eigenvalue weighted by molar-refractivity contribution is -0.132. The maximum Gasteiger partial charge on any atom is 0.236 e. The molecule has 0 radical (unpaired) electrons. The summed E-state index contributed by atoms with van der Waals surface area (Å²) in [5, 5.41) is 0. The first-order valence-corrected chi connectivity index (χ1v) is 7.30. The molecule has 1 unspecified atom stereocenters. The molecule has 0 aromatic carbocycles. The molecule has 0 bridgehead atoms. The highest BCUT2D eigenvalue weighted by Gasteiger charge is 2.24. The van der Waals surface area contributed by atoms with Gasteiger partial charge in [-0.2, -0.15) is 0 Å². The number of carbonyl (C=O) groups is 1. The molecule has 1 aromatic heterocycles. The van der Waals surface area contributed by atoms with Gasteiger partial charge in [-0.1, -0.05) is 0 Å². The van der Waals surface area contributed by atoms with Crippen LogP contribution in [0.25, 0.3) is 0 Å². The molecule has 2 rings (SSSR count). The molecule has 5 nitrogen and oxygen atoms in total. The second-order valence-electron chi connectivity index (χ2n) is 5.80. The second-order valence-corrected chi connectivity index (χ2v) is 5.80. The number of hydrogen-bond acceptors (Lipinski definition) is 4. The zero-order valence-corrected chi connectivity index (χ0v) is 12.4. The molecule has 2 heterocycles. The van der Waals surface area contributed by atoms with Gasteiger partial charge in [0.2, 0.25) is 5.91 Å². The number of nitrogens with two attached hydrogens (primary N) is 1. The van der Waals surface area contributed by atoms with Gasteiger partial charge in [0.15, 0.2) is 0 Å². The lowest BCUT2D eigenvalue weighted by atomic mass is 9.91. The van der Waals surface area contributed by atoms with Gasteiger partial charge in [0.25, 0.3) is 0 Å². The zero-order chi connectivity index (χ0) is 14.5. The van der Waals surface area contributed by atoms with E-state index >= 15 is 0 Å². The predicted octanol–water partition coefficient (Wildman–Crippen LogP) is 1.30. The minimum absolute atomic E-state index is 0.139. The Hall–Kier alpha value is -1.33. The van der Waals surface area contributed by atoms with Crippen molar-refractivity contribution in [1.29, 1.82) is 0 Å². The first-order valence-electron chi connectivity index (χ1n) is 7.30. The molecule has 1 amide bonds. The van der Waals surface area contributed by atoms with Crippen LogP contribution in [0, 0.1) is 5.92 Å². The maximum atomic E-state index is 12.2. The van der Waals surface area contributed by atoms with Crippen molar-refractivity contribution in [2.45, 2.75) is 32.4 Å². The number of rotatable bonds is 5. The summed E-state index contributed by atoms with van der Waals surface area (Å²) in [7, 11) is 1.82. The first kappa shape index (κ1) is 15.1. The van der Waals surface area contributed by atoms with Crippen molar-refractivity contribution in [2.75, 3.05) is 26.7 Å². The summed E-state index contributed by atoms with van der Waals surface area (Å²) in [4.78, 5) is 16.1. The molecule has 2 N–H and O–H groups in total. The second kappa shape index (κ2) is 6.90. The Morgan fingerprint density at radius 3 is 2.80 bits per heavy atom. The highest BCUT2D eigenvalue weighted by atomic mass is 16.3. The van der Waals surface area contributed by atoms with Crippen LogP contribution in [0.4, 0.5) is 0 Å². The summed E-state index contributed by atoms with van der Waals surface area (Å²) in [6.45, 7) is 5.02. The molecular formula is C15H25N3O2. The van der Waals surface area contributed by atoms with E-state index < -0.39 is 0 Å². The van der Waals surface area contributed by atoms with E-state index in [1.165, 1.54) is 0 Å². The van der Waals surface area contributed by atoms with Crippen LogP contribution in [0.2, 0.25) is 0 Å². The highest BCUT2D eigenvalue weighted by molar-refractivity contribution is 5.77. The number of piperidine rings is 1. The third-order valence-electron chi connectivity index (χ3n) is 4.13. The fourth-order valence-electron chi connectivity index (χ4n) is 2.67. The average Bonchev–Trinajstić information content (AvgIpc) is 2.92. The number of carbonyl (C=O) groups excluding carboxylic acids is 1.